The SMILES string of the molecule is O=C1OC(c2ccc(Cl)cc2Cl)=N/C1=C\c1cc(I)c(OCc2cccc(Br)c2)c(I)c1. The van der Waals surface area contributed by atoms with E-state index in [-0.39, 0.29) is 11.6 Å². The van der Waals surface area contributed by atoms with Gasteiger partial charge in [-0.1, -0.05) is 51.3 Å². The number of halogens is 5. The largest absolute Gasteiger partial charge is 0.487 e. The standard InChI is InChI=1S/C23H12BrCl2I2NO3/c24-14-3-1-2-12(6-14)11-31-21-18(27)7-13(8-19(21)28)9-20-23(30)32-22(29-20)16-5-4-15(25)10-17(16)26/h1-10H,11H2/b20-9-. The minimum absolute atomic E-state index is 0.154. The Bertz CT molecular complexity index is 1270. The van der Waals surface area contributed by atoms with Crippen molar-refractivity contribution in [1.82, 2.24) is 0 Å². The smallest absolute Gasteiger partial charge is 0.363 e. The molecule has 32 heavy (non-hydrogen) atoms. The van der Waals surface area contributed by atoms with E-state index in [9.17, 15) is 4.79 Å². The molecule has 9 heteroatoms. The molecular weight excluding hydrogens is 743 g/mol. The third-order valence-corrected chi connectivity index (χ3v) is 7.02. The molecule has 162 valence electrons. The van der Waals surface area contributed by atoms with Crippen molar-refractivity contribution < 1.29 is 14.3 Å². The Morgan fingerprint density at radius 2 is 1.81 bits per heavy atom. The van der Waals surface area contributed by atoms with Crippen molar-refractivity contribution in [2.75, 3.05) is 0 Å². The summed E-state index contributed by atoms with van der Waals surface area (Å²) < 4.78 is 14.2. The summed E-state index contributed by atoms with van der Waals surface area (Å²) in [7, 11) is 0. The monoisotopic (exact) mass is 753 g/mol. The number of rotatable bonds is 5. The zero-order chi connectivity index (χ0) is 22.8. The summed E-state index contributed by atoms with van der Waals surface area (Å²) in [6, 6.07) is 16.8. The van der Waals surface area contributed by atoms with Crippen LogP contribution in [0.2, 0.25) is 10.0 Å². The maximum absolute atomic E-state index is 12.4. The van der Waals surface area contributed by atoms with E-state index in [1.165, 1.54) is 0 Å². The molecule has 0 radical (unpaired) electrons. The molecule has 0 spiro atoms. The van der Waals surface area contributed by atoms with Crippen LogP contribution in [0, 0.1) is 7.14 Å². The molecule has 3 aromatic carbocycles. The molecule has 0 unspecified atom stereocenters. The normalized spacial score (nSPS) is 14.5. The zero-order valence-corrected chi connectivity index (χ0v) is 23.5. The van der Waals surface area contributed by atoms with Crippen LogP contribution in [0.3, 0.4) is 0 Å². The second-order valence-corrected chi connectivity index (χ2v) is 10.8. The van der Waals surface area contributed by atoms with E-state index < -0.39 is 5.97 Å². The highest BCUT2D eigenvalue weighted by Crippen LogP contribution is 2.32. The van der Waals surface area contributed by atoms with Crippen LogP contribution in [0.5, 0.6) is 5.75 Å². The average molecular weight is 755 g/mol. The van der Waals surface area contributed by atoms with E-state index in [4.69, 9.17) is 32.7 Å². The molecule has 0 N–H and O–H groups in total. The Hall–Kier alpha value is -1.14. The Balaban J connectivity index is 1.57. The van der Waals surface area contributed by atoms with Crippen molar-refractivity contribution in [1.29, 1.82) is 0 Å². The first-order chi connectivity index (χ1) is 15.3. The maximum Gasteiger partial charge on any atom is 0.363 e. The number of nitrogens with zero attached hydrogens (tertiary/aromatic N) is 1. The van der Waals surface area contributed by atoms with E-state index in [2.05, 4.69) is 66.1 Å². The second-order valence-electron chi connectivity index (χ2n) is 6.69. The Morgan fingerprint density at radius 3 is 2.50 bits per heavy atom. The first-order valence-corrected chi connectivity index (χ1v) is 12.8. The number of aliphatic imine (C=N–C) groups is 1. The molecule has 1 aliphatic rings. The molecule has 0 amide bonds. The molecular formula is C23H12BrCl2I2NO3. The van der Waals surface area contributed by atoms with Crippen LogP contribution in [0.4, 0.5) is 0 Å². The highest BCUT2D eigenvalue weighted by molar-refractivity contribution is 14.1. The molecule has 0 atom stereocenters. The minimum Gasteiger partial charge on any atom is -0.487 e. The molecule has 0 aromatic heterocycles. The third kappa shape index (κ3) is 5.67. The number of ether oxygens (including phenoxy) is 2. The molecule has 0 saturated carbocycles. The van der Waals surface area contributed by atoms with Gasteiger partial charge in [0.25, 0.3) is 0 Å². The Kier molecular flexibility index (Phi) is 7.81. The predicted octanol–water partition coefficient (Wildman–Crippen LogP) is 7.89. The average Bonchev–Trinajstić information content (AvgIpc) is 3.07. The summed E-state index contributed by atoms with van der Waals surface area (Å²) in [5.74, 6) is 0.409. The van der Waals surface area contributed by atoms with Gasteiger partial charge >= 0.3 is 5.97 Å². The van der Waals surface area contributed by atoms with Crippen molar-refractivity contribution in [3.05, 3.63) is 98.6 Å². The van der Waals surface area contributed by atoms with Crippen LogP contribution in [0.25, 0.3) is 6.08 Å². The summed E-state index contributed by atoms with van der Waals surface area (Å²) in [6.07, 6.45) is 1.68. The number of carbonyl (C=O) groups excluding carboxylic acids is 1. The lowest BCUT2D eigenvalue weighted by atomic mass is 10.2. The molecule has 0 fully saturated rings. The molecule has 1 aliphatic heterocycles. The first-order valence-electron chi connectivity index (χ1n) is 9.14. The Labute approximate surface area is 230 Å². The van der Waals surface area contributed by atoms with Gasteiger partial charge in [-0.05, 0) is 105 Å². The van der Waals surface area contributed by atoms with Gasteiger partial charge in [-0.3, -0.25) is 0 Å². The fourth-order valence-corrected chi connectivity index (χ4v) is 5.99. The predicted molar refractivity (Wildman–Crippen MR) is 147 cm³/mol. The van der Waals surface area contributed by atoms with Crippen LogP contribution in [-0.4, -0.2) is 11.9 Å². The van der Waals surface area contributed by atoms with Crippen LogP contribution < -0.4 is 4.74 Å². The first kappa shape index (κ1) is 24.0. The fourth-order valence-electron chi connectivity index (χ4n) is 2.93. The number of esters is 1. The van der Waals surface area contributed by atoms with E-state index in [1.807, 2.05) is 36.4 Å². The van der Waals surface area contributed by atoms with Crippen LogP contribution >= 0.6 is 84.3 Å². The van der Waals surface area contributed by atoms with Gasteiger partial charge in [0.05, 0.1) is 17.7 Å². The van der Waals surface area contributed by atoms with Gasteiger partial charge in [-0.25, -0.2) is 9.79 Å². The maximum atomic E-state index is 12.4. The summed E-state index contributed by atoms with van der Waals surface area (Å²) >= 11 is 20.1. The lowest BCUT2D eigenvalue weighted by molar-refractivity contribution is -0.129. The van der Waals surface area contributed by atoms with E-state index >= 15 is 0 Å². The molecule has 0 saturated heterocycles. The molecule has 4 nitrogen and oxygen atoms in total. The van der Waals surface area contributed by atoms with E-state index in [1.54, 1.807) is 24.3 Å². The number of cyclic esters (lactones) is 1. The van der Waals surface area contributed by atoms with Gasteiger partial charge in [-0.15, -0.1) is 0 Å². The van der Waals surface area contributed by atoms with Gasteiger partial charge in [-0.2, -0.15) is 0 Å². The van der Waals surface area contributed by atoms with Crippen LogP contribution in [0.1, 0.15) is 16.7 Å². The number of hydrogen-bond acceptors (Lipinski definition) is 4. The topological polar surface area (TPSA) is 47.9 Å². The van der Waals surface area contributed by atoms with E-state index in [0.29, 0.717) is 22.2 Å². The van der Waals surface area contributed by atoms with Crippen molar-refractivity contribution in [2.24, 2.45) is 4.99 Å². The quantitative estimate of drug-likeness (QED) is 0.151. The van der Waals surface area contributed by atoms with Gasteiger partial charge < -0.3 is 9.47 Å². The molecule has 1 heterocycles. The van der Waals surface area contributed by atoms with Crippen molar-refractivity contribution in [3.63, 3.8) is 0 Å². The lowest BCUT2D eigenvalue weighted by Gasteiger charge is -2.12. The minimum atomic E-state index is -0.536. The van der Waals surface area contributed by atoms with Gasteiger partial charge in [0, 0.05) is 9.50 Å². The van der Waals surface area contributed by atoms with Crippen LogP contribution in [0.15, 0.2) is 69.8 Å². The molecule has 0 aliphatic carbocycles. The Morgan fingerprint density at radius 1 is 1.06 bits per heavy atom. The molecule has 3 aromatic rings. The highest BCUT2D eigenvalue weighted by atomic mass is 127. The third-order valence-electron chi connectivity index (χ3n) is 4.38. The molecule has 0 bridgehead atoms. The van der Waals surface area contributed by atoms with Crippen LogP contribution in [-0.2, 0) is 16.1 Å². The van der Waals surface area contributed by atoms with Gasteiger partial charge in [0.2, 0.25) is 5.90 Å². The van der Waals surface area contributed by atoms with Gasteiger partial charge in [0.15, 0.2) is 5.70 Å². The van der Waals surface area contributed by atoms with Crippen molar-refractivity contribution in [3.8, 4) is 5.75 Å². The summed E-state index contributed by atoms with van der Waals surface area (Å²) in [6.45, 7) is 0.452. The number of hydrogen-bond donors (Lipinski definition) is 0. The zero-order valence-electron chi connectivity index (χ0n) is 16.0. The number of carbonyl (C=O) groups is 1. The van der Waals surface area contributed by atoms with Gasteiger partial charge in [0.1, 0.15) is 12.4 Å². The highest BCUT2D eigenvalue weighted by Gasteiger charge is 2.26. The molecule has 4 rings (SSSR count). The van der Waals surface area contributed by atoms with Crippen molar-refractivity contribution >= 4 is 102 Å². The summed E-state index contributed by atoms with van der Waals surface area (Å²) in [5, 5.41) is 0.854. The number of benzene rings is 3. The van der Waals surface area contributed by atoms with Crippen molar-refractivity contribution in [2.45, 2.75) is 6.61 Å². The summed E-state index contributed by atoms with van der Waals surface area (Å²) in [4.78, 5) is 16.7. The summed E-state index contributed by atoms with van der Waals surface area (Å²) in [5.41, 5.74) is 2.58. The van der Waals surface area contributed by atoms with E-state index in [0.717, 1.165) is 28.5 Å². The lowest BCUT2D eigenvalue weighted by Crippen LogP contribution is -2.06. The fraction of sp³-hybridized carbons (Fsp3) is 0.0435. The second kappa shape index (κ2) is 10.4.